The Bertz CT molecular complexity index is 1010. The highest BCUT2D eigenvalue weighted by molar-refractivity contribution is 14.1. The topological polar surface area (TPSA) is 72.9 Å². The molecule has 1 aliphatic rings. The Kier molecular flexibility index (Phi) is 7.95. The van der Waals surface area contributed by atoms with Crippen molar-refractivity contribution in [2.24, 2.45) is 0 Å². The van der Waals surface area contributed by atoms with Gasteiger partial charge in [-0.1, -0.05) is 28.1 Å². The number of benzene rings is 2. The summed E-state index contributed by atoms with van der Waals surface area (Å²) in [5.74, 6) is -0.431. The van der Waals surface area contributed by atoms with Crippen LogP contribution in [0.2, 0.25) is 0 Å². The molecule has 1 aliphatic heterocycles. The molecular formula is C21H17BrINO5S. The van der Waals surface area contributed by atoms with Crippen LogP contribution in [-0.4, -0.2) is 35.2 Å². The fourth-order valence-corrected chi connectivity index (χ4v) is 4.22. The zero-order valence-electron chi connectivity index (χ0n) is 15.9. The number of halogens is 2. The Labute approximate surface area is 200 Å². The molecule has 156 valence electrons. The minimum atomic E-state index is -0.482. The molecule has 9 heteroatoms. The van der Waals surface area contributed by atoms with Crippen molar-refractivity contribution in [3.63, 3.8) is 0 Å². The van der Waals surface area contributed by atoms with E-state index in [2.05, 4.69) is 38.5 Å². The molecule has 1 heterocycles. The van der Waals surface area contributed by atoms with Crippen LogP contribution in [-0.2, 0) is 20.9 Å². The van der Waals surface area contributed by atoms with Crippen molar-refractivity contribution >= 4 is 73.5 Å². The van der Waals surface area contributed by atoms with Gasteiger partial charge in [0.1, 0.15) is 5.75 Å². The number of thioether (sulfide) groups is 1. The van der Waals surface area contributed by atoms with Crippen LogP contribution in [0.4, 0.5) is 4.79 Å². The summed E-state index contributed by atoms with van der Waals surface area (Å²) in [5.41, 5.74) is 1.45. The smallest absolute Gasteiger partial charge is 0.344 e. The Morgan fingerprint density at radius 3 is 2.63 bits per heavy atom. The van der Waals surface area contributed by atoms with Gasteiger partial charge in [-0.15, -0.1) is 0 Å². The highest BCUT2D eigenvalue weighted by Crippen LogP contribution is 2.35. The molecule has 6 nitrogen and oxygen atoms in total. The first-order valence-corrected chi connectivity index (χ1v) is 11.6. The molecule has 2 amide bonds. The van der Waals surface area contributed by atoms with Crippen LogP contribution in [0, 0.1) is 3.57 Å². The van der Waals surface area contributed by atoms with Gasteiger partial charge in [0.05, 0.1) is 18.1 Å². The summed E-state index contributed by atoms with van der Waals surface area (Å²) in [5, 5.41) is -0.325. The number of carbonyl (C=O) groups is 3. The highest BCUT2D eigenvalue weighted by Gasteiger charge is 2.35. The van der Waals surface area contributed by atoms with Gasteiger partial charge in [0.25, 0.3) is 11.1 Å². The quantitative estimate of drug-likeness (QED) is 0.246. The zero-order valence-corrected chi connectivity index (χ0v) is 20.5. The molecule has 0 spiro atoms. The van der Waals surface area contributed by atoms with Gasteiger partial charge in [-0.25, -0.2) is 4.79 Å². The van der Waals surface area contributed by atoms with Gasteiger partial charge < -0.3 is 9.47 Å². The normalized spacial score (nSPS) is 15.0. The molecule has 0 N–H and O–H groups in total. The Balaban J connectivity index is 1.80. The lowest BCUT2D eigenvalue weighted by Gasteiger charge is -2.12. The minimum Gasteiger partial charge on any atom is -0.481 e. The number of carbonyl (C=O) groups excluding carboxylic acids is 3. The average Bonchev–Trinajstić information content (AvgIpc) is 2.96. The van der Waals surface area contributed by atoms with E-state index in [1.165, 1.54) is 4.90 Å². The molecule has 2 aromatic rings. The molecule has 1 saturated heterocycles. The van der Waals surface area contributed by atoms with E-state index in [0.717, 1.165) is 25.4 Å². The summed E-state index contributed by atoms with van der Waals surface area (Å²) in [6, 6.07) is 12.9. The molecule has 30 heavy (non-hydrogen) atoms. The maximum Gasteiger partial charge on any atom is 0.344 e. The van der Waals surface area contributed by atoms with Gasteiger partial charge in [-0.05, 0) is 83.2 Å². The molecule has 0 saturated carbocycles. The van der Waals surface area contributed by atoms with Crippen molar-refractivity contribution in [1.29, 1.82) is 0 Å². The van der Waals surface area contributed by atoms with Gasteiger partial charge in [-0.2, -0.15) is 0 Å². The fourth-order valence-electron chi connectivity index (χ4n) is 2.65. The summed E-state index contributed by atoms with van der Waals surface area (Å²) in [6.07, 6.45) is 1.60. The number of imide groups is 1. The van der Waals surface area contributed by atoms with Gasteiger partial charge in [-0.3, -0.25) is 14.5 Å². The van der Waals surface area contributed by atoms with Crippen LogP contribution in [0.3, 0.4) is 0 Å². The summed E-state index contributed by atoms with van der Waals surface area (Å²) in [6.45, 7) is 1.95. The van der Waals surface area contributed by atoms with Gasteiger partial charge >= 0.3 is 5.97 Å². The number of rotatable bonds is 7. The predicted molar refractivity (Wildman–Crippen MR) is 127 cm³/mol. The van der Waals surface area contributed by atoms with E-state index in [1.54, 1.807) is 31.2 Å². The lowest BCUT2D eigenvalue weighted by atomic mass is 10.1. The first-order valence-electron chi connectivity index (χ1n) is 8.95. The van der Waals surface area contributed by atoms with E-state index in [1.807, 2.05) is 24.3 Å². The molecule has 3 rings (SSSR count). The third-order valence-electron chi connectivity index (χ3n) is 4.04. The van der Waals surface area contributed by atoms with Crippen LogP contribution in [0.25, 0.3) is 6.08 Å². The molecule has 1 fully saturated rings. The van der Waals surface area contributed by atoms with Crippen molar-refractivity contribution in [1.82, 2.24) is 4.90 Å². The lowest BCUT2D eigenvalue weighted by molar-refractivity contribution is -0.145. The lowest BCUT2D eigenvalue weighted by Crippen LogP contribution is -2.27. The van der Waals surface area contributed by atoms with E-state index in [-0.39, 0.29) is 30.9 Å². The average molecular weight is 602 g/mol. The number of ether oxygens (including phenoxy) is 2. The van der Waals surface area contributed by atoms with Crippen molar-refractivity contribution in [3.05, 3.63) is 66.5 Å². The second-order valence-electron chi connectivity index (χ2n) is 6.17. The van der Waals surface area contributed by atoms with E-state index >= 15 is 0 Å². The first kappa shape index (κ1) is 22.8. The summed E-state index contributed by atoms with van der Waals surface area (Å²) in [4.78, 5) is 38.4. The van der Waals surface area contributed by atoms with E-state index in [9.17, 15) is 14.4 Å². The fraction of sp³-hybridized carbons (Fsp3) is 0.190. The number of esters is 1. The summed E-state index contributed by atoms with van der Waals surface area (Å²) in [7, 11) is 0. The van der Waals surface area contributed by atoms with Gasteiger partial charge in [0, 0.05) is 13.6 Å². The molecule has 0 radical (unpaired) electrons. The standard InChI is InChI=1S/C21H17BrINO5S/c1-2-28-19(25)12-29-17-8-5-15(22)9-14(17)10-18-20(26)24(21(27)30-18)11-13-3-6-16(23)7-4-13/h3-10H,2,11-12H2,1H3/b18-10+. The third-order valence-corrected chi connectivity index (χ3v) is 6.16. The predicted octanol–water partition coefficient (Wildman–Crippen LogP) is 5.23. The minimum absolute atomic E-state index is 0.212. The molecule has 0 unspecified atom stereocenters. The molecular weight excluding hydrogens is 585 g/mol. The van der Waals surface area contributed by atoms with Crippen molar-refractivity contribution in [2.75, 3.05) is 13.2 Å². The SMILES string of the molecule is CCOC(=O)COc1ccc(Br)cc1/C=C1/SC(=O)N(Cc2ccc(I)cc2)C1=O. The monoisotopic (exact) mass is 601 g/mol. The third kappa shape index (κ3) is 5.86. The Morgan fingerprint density at radius 1 is 1.20 bits per heavy atom. The maximum absolute atomic E-state index is 12.8. The van der Waals surface area contributed by atoms with E-state index < -0.39 is 5.97 Å². The van der Waals surface area contributed by atoms with E-state index in [4.69, 9.17) is 9.47 Å². The molecule has 0 bridgehead atoms. The number of nitrogens with zero attached hydrogens (tertiary/aromatic N) is 1. The number of amides is 2. The molecule has 2 aromatic carbocycles. The number of hydrogen-bond donors (Lipinski definition) is 0. The Hall–Kier alpha value is -1.85. The summed E-state index contributed by atoms with van der Waals surface area (Å²) < 4.78 is 12.3. The molecule has 0 aliphatic carbocycles. The van der Waals surface area contributed by atoms with Crippen LogP contribution < -0.4 is 4.74 Å². The largest absolute Gasteiger partial charge is 0.481 e. The second-order valence-corrected chi connectivity index (χ2v) is 9.32. The van der Waals surface area contributed by atoms with Crippen molar-refractivity contribution < 1.29 is 23.9 Å². The van der Waals surface area contributed by atoms with Crippen LogP contribution in [0.1, 0.15) is 18.1 Å². The Morgan fingerprint density at radius 2 is 1.93 bits per heavy atom. The second kappa shape index (κ2) is 10.5. The zero-order chi connectivity index (χ0) is 21.7. The molecule has 0 atom stereocenters. The van der Waals surface area contributed by atoms with Crippen molar-refractivity contribution in [3.8, 4) is 5.75 Å². The van der Waals surface area contributed by atoms with Crippen molar-refractivity contribution in [2.45, 2.75) is 13.5 Å². The highest BCUT2D eigenvalue weighted by atomic mass is 127. The number of hydrogen-bond acceptors (Lipinski definition) is 6. The first-order chi connectivity index (χ1) is 14.4. The summed E-state index contributed by atoms with van der Waals surface area (Å²) >= 11 is 6.47. The molecule has 0 aromatic heterocycles. The van der Waals surface area contributed by atoms with Crippen LogP contribution in [0.15, 0.2) is 51.8 Å². The van der Waals surface area contributed by atoms with Crippen LogP contribution in [0.5, 0.6) is 5.75 Å². The maximum atomic E-state index is 12.8. The van der Waals surface area contributed by atoms with E-state index in [0.29, 0.717) is 16.2 Å². The van der Waals surface area contributed by atoms with Crippen LogP contribution >= 0.6 is 50.3 Å². The van der Waals surface area contributed by atoms with Gasteiger partial charge in [0.2, 0.25) is 0 Å². The van der Waals surface area contributed by atoms with Gasteiger partial charge in [0.15, 0.2) is 6.61 Å².